The number of esters is 1. The highest BCUT2D eigenvalue weighted by Crippen LogP contribution is 2.27. The van der Waals surface area contributed by atoms with Crippen LogP contribution in [0, 0.1) is 0 Å². The van der Waals surface area contributed by atoms with Gasteiger partial charge in [-0.1, -0.05) is 41.7 Å². The van der Waals surface area contributed by atoms with Gasteiger partial charge in [0.25, 0.3) is 0 Å². The Morgan fingerprint density at radius 3 is 2.48 bits per heavy atom. The van der Waals surface area contributed by atoms with Crippen LogP contribution in [0.15, 0.2) is 59.6 Å². The molecule has 10 heteroatoms. The predicted molar refractivity (Wildman–Crippen MR) is 126 cm³/mol. The number of hydrogen-bond donors (Lipinski definition) is 0. The number of thiazole rings is 1. The van der Waals surface area contributed by atoms with Gasteiger partial charge in [0, 0.05) is 31.7 Å². The van der Waals surface area contributed by atoms with Crippen LogP contribution in [0.1, 0.15) is 27.0 Å². The number of nitrogens with zero attached hydrogens (tertiary/aromatic N) is 3. The molecule has 1 aliphatic heterocycles. The molecule has 0 aliphatic carbocycles. The maximum atomic E-state index is 13.1. The van der Waals surface area contributed by atoms with Crippen LogP contribution in [-0.2, 0) is 14.8 Å². The van der Waals surface area contributed by atoms with E-state index in [-0.39, 0.29) is 4.90 Å². The van der Waals surface area contributed by atoms with Crippen LogP contribution in [0.2, 0.25) is 0 Å². The Labute approximate surface area is 196 Å². The molecular weight excluding hydrogens is 462 g/mol. The molecule has 4 rings (SSSR count). The fourth-order valence-corrected chi connectivity index (χ4v) is 5.87. The molecule has 0 N–H and O–H groups in total. The van der Waals surface area contributed by atoms with E-state index in [0.717, 1.165) is 17.4 Å². The maximum absolute atomic E-state index is 13.1. The van der Waals surface area contributed by atoms with E-state index in [0.29, 0.717) is 48.4 Å². The van der Waals surface area contributed by atoms with E-state index in [9.17, 15) is 18.0 Å². The van der Waals surface area contributed by atoms with Crippen molar-refractivity contribution in [3.8, 4) is 11.1 Å². The lowest BCUT2D eigenvalue weighted by Gasteiger charge is -2.33. The molecule has 0 atom stereocenters. The van der Waals surface area contributed by atoms with Crippen molar-refractivity contribution in [1.29, 1.82) is 0 Å². The van der Waals surface area contributed by atoms with Crippen molar-refractivity contribution in [3.63, 3.8) is 0 Å². The van der Waals surface area contributed by atoms with Crippen LogP contribution >= 0.6 is 11.3 Å². The summed E-state index contributed by atoms with van der Waals surface area (Å²) in [7, 11) is -3.64. The summed E-state index contributed by atoms with van der Waals surface area (Å²) in [6.45, 7) is 3.64. The van der Waals surface area contributed by atoms with E-state index in [2.05, 4.69) is 4.98 Å². The quantitative estimate of drug-likeness (QED) is 0.374. The number of piperazine rings is 1. The van der Waals surface area contributed by atoms with E-state index in [1.54, 1.807) is 49.4 Å². The number of rotatable bonds is 7. The van der Waals surface area contributed by atoms with Crippen LogP contribution in [-0.4, -0.2) is 62.7 Å². The highest BCUT2D eigenvalue weighted by molar-refractivity contribution is 7.89. The summed E-state index contributed by atoms with van der Waals surface area (Å²) in [6.07, 6.45) is 2.28. The van der Waals surface area contributed by atoms with E-state index >= 15 is 0 Å². The van der Waals surface area contributed by atoms with Gasteiger partial charge in [0.05, 0.1) is 17.7 Å². The van der Waals surface area contributed by atoms with E-state index in [4.69, 9.17) is 4.74 Å². The molecule has 2 heterocycles. The van der Waals surface area contributed by atoms with Gasteiger partial charge in [-0.05, 0) is 36.2 Å². The molecule has 0 amide bonds. The molecule has 0 saturated carbocycles. The molecule has 8 nitrogen and oxygen atoms in total. The number of aromatic nitrogens is 1. The lowest BCUT2D eigenvalue weighted by Crippen LogP contribution is -2.48. The number of sulfonamides is 1. The fourth-order valence-electron chi connectivity index (χ4n) is 3.59. The van der Waals surface area contributed by atoms with Crippen molar-refractivity contribution in [1.82, 2.24) is 9.29 Å². The first-order chi connectivity index (χ1) is 15.9. The molecule has 1 saturated heterocycles. The Morgan fingerprint density at radius 1 is 1.09 bits per heavy atom. The molecule has 2 aromatic carbocycles. The van der Waals surface area contributed by atoms with Gasteiger partial charge in [0.1, 0.15) is 11.2 Å². The maximum Gasteiger partial charge on any atom is 0.350 e. The van der Waals surface area contributed by atoms with Gasteiger partial charge in [0.2, 0.25) is 10.0 Å². The highest BCUT2D eigenvalue weighted by atomic mass is 32.2. The number of benzene rings is 2. The van der Waals surface area contributed by atoms with Gasteiger partial charge < -0.3 is 9.64 Å². The van der Waals surface area contributed by atoms with E-state index < -0.39 is 16.0 Å². The number of aldehydes is 1. The Balaban J connectivity index is 1.42. The predicted octanol–water partition coefficient (Wildman–Crippen LogP) is 3.31. The Hall–Kier alpha value is -3.08. The van der Waals surface area contributed by atoms with Gasteiger partial charge >= 0.3 is 5.97 Å². The molecule has 3 aromatic rings. The molecule has 0 radical (unpaired) electrons. The van der Waals surface area contributed by atoms with Gasteiger partial charge in [-0.15, -0.1) is 0 Å². The van der Waals surface area contributed by atoms with Gasteiger partial charge in [-0.25, -0.2) is 18.2 Å². The van der Waals surface area contributed by atoms with Crippen LogP contribution in [0.5, 0.6) is 0 Å². The Morgan fingerprint density at radius 2 is 1.82 bits per heavy atom. The smallest absolute Gasteiger partial charge is 0.350 e. The van der Waals surface area contributed by atoms with Crippen LogP contribution in [0.25, 0.3) is 11.1 Å². The first kappa shape index (κ1) is 23.1. The average molecular weight is 486 g/mol. The van der Waals surface area contributed by atoms with E-state index in [1.165, 1.54) is 21.8 Å². The van der Waals surface area contributed by atoms with Crippen LogP contribution < -0.4 is 4.90 Å². The summed E-state index contributed by atoms with van der Waals surface area (Å²) >= 11 is 1.25. The molecule has 33 heavy (non-hydrogen) atoms. The zero-order valence-corrected chi connectivity index (χ0v) is 19.6. The van der Waals surface area contributed by atoms with E-state index in [1.807, 2.05) is 11.0 Å². The summed E-state index contributed by atoms with van der Waals surface area (Å²) in [5.41, 5.74) is 2.25. The second kappa shape index (κ2) is 9.82. The number of hydrogen-bond acceptors (Lipinski definition) is 8. The Kier molecular flexibility index (Phi) is 6.87. The minimum absolute atomic E-state index is 0.227. The van der Waals surface area contributed by atoms with Crippen molar-refractivity contribution in [2.75, 3.05) is 37.7 Å². The first-order valence-electron chi connectivity index (χ1n) is 10.5. The molecule has 1 aromatic heterocycles. The second-order valence-corrected chi connectivity index (χ2v) is 10.3. The van der Waals surface area contributed by atoms with Crippen molar-refractivity contribution in [2.24, 2.45) is 0 Å². The summed E-state index contributed by atoms with van der Waals surface area (Å²) < 4.78 is 32.7. The van der Waals surface area contributed by atoms with Gasteiger partial charge in [0.15, 0.2) is 5.13 Å². The monoisotopic (exact) mass is 485 g/mol. The molecule has 172 valence electrons. The largest absolute Gasteiger partial charge is 0.462 e. The minimum atomic E-state index is -3.64. The zero-order chi connectivity index (χ0) is 23.4. The third-order valence-electron chi connectivity index (χ3n) is 5.33. The number of anilines is 1. The number of carbonyl (C=O) groups excluding carboxylic acids is 2. The molecule has 1 fully saturated rings. The molecule has 0 bridgehead atoms. The fraction of sp³-hybridized carbons (Fsp3) is 0.261. The lowest BCUT2D eigenvalue weighted by atomic mass is 10.0. The molecule has 0 spiro atoms. The van der Waals surface area contributed by atoms with Crippen molar-refractivity contribution in [2.45, 2.75) is 11.8 Å². The van der Waals surface area contributed by atoms with Crippen LogP contribution in [0.3, 0.4) is 0 Å². The SMILES string of the molecule is CCOC(=O)c1cnc(N2CCN(S(=O)(=O)c3ccc(-c4cccc(C=O)c4)cc3)CC2)s1. The van der Waals surface area contributed by atoms with Gasteiger partial charge in [-0.2, -0.15) is 4.31 Å². The number of ether oxygens (including phenoxy) is 1. The molecular formula is C23H23N3O5S2. The van der Waals surface area contributed by atoms with Gasteiger partial charge in [-0.3, -0.25) is 4.79 Å². The summed E-state index contributed by atoms with van der Waals surface area (Å²) in [4.78, 5) is 29.8. The minimum Gasteiger partial charge on any atom is -0.462 e. The zero-order valence-electron chi connectivity index (χ0n) is 18.0. The van der Waals surface area contributed by atoms with Crippen LogP contribution in [0.4, 0.5) is 5.13 Å². The van der Waals surface area contributed by atoms with Crippen molar-refractivity contribution in [3.05, 3.63) is 65.2 Å². The third kappa shape index (κ3) is 4.97. The summed E-state index contributed by atoms with van der Waals surface area (Å²) in [5, 5.41) is 0.678. The highest BCUT2D eigenvalue weighted by Gasteiger charge is 2.29. The summed E-state index contributed by atoms with van der Waals surface area (Å²) in [6, 6.07) is 13.8. The third-order valence-corrected chi connectivity index (χ3v) is 8.28. The standard InChI is InChI=1S/C23H23N3O5S2/c1-2-31-22(28)21-15-24-23(32-21)25-10-12-26(13-11-25)33(29,30)20-8-6-18(7-9-20)19-5-3-4-17(14-19)16-27/h3-9,14-16H,2,10-13H2,1H3. The summed E-state index contributed by atoms with van der Waals surface area (Å²) in [5.74, 6) is -0.399. The second-order valence-electron chi connectivity index (χ2n) is 7.39. The molecule has 0 unspecified atom stereocenters. The topological polar surface area (TPSA) is 96.9 Å². The normalized spacial score (nSPS) is 14.8. The average Bonchev–Trinajstić information content (AvgIpc) is 3.35. The first-order valence-corrected chi connectivity index (χ1v) is 12.7. The van der Waals surface area contributed by atoms with Crippen molar-refractivity contribution >= 4 is 38.7 Å². The van der Waals surface area contributed by atoms with Crippen molar-refractivity contribution < 1.29 is 22.7 Å². The number of carbonyl (C=O) groups is 2. The lowest BCUT2D eigenvalue weighted by molar-refractivity contribution is 0.0531. The Bertz CT molecular complexity index is 1250. The molecule has 1 aliphatic rings.